The van der Waals surface area contributed by atoms with Crippen molar-refractivity contribution in [3.8, 4) is 0 Å². The summed E-state index contributed by atoms with van der Waals surface area (Å²) in [6.07, 6.45) is 0. The third-order valence-corrected chi connectivity index (χ3v) is 2.69. The summed E-state index contributed by atoms with van der Waals surface area (Å²) in [5.41, 5.74) is -0.428. The molecule has 0 aliphatic rings. The Morgan fingerprint density at radius 1 is 1.33 bits per heavy atom. The highest BCUT2D eigenvalue weighted by Gasteiger charge is 2.18. The normalized spacial score (nSPS) is 10.1. The van der Waals surface area contributed by atoms with Gasteiger partial charge in [-0.05, 0) is 12.1 Å². The molecule has 0 fully saturated rings. The van der Waals surface area contributed by atoms with E-state index >= 15 is 0 Å². The summed E-state index contributed by atoms with van der Waals surface area (Å²) in [7, 11) is 0. The first-order chi connectivity index (χ1) is 9.99. The molecule has 0 aliphatic heterocycles. The van der Waals surface area contributed by atoms with E-state index < -0.39 is 16.7 Å². The van der Waals surface area contributed by atoms with Gasteiger partial charge < -0.3 is 10.4 Å². The summed E-state index contributed by atoms with van der Waals surface area (Å²) in [6.45, 7) is -0.0520. The summed E-state index contributed by atoms with van der Waals surface area (Å²) in [6, 6.07) is 7.98. The van der Waals surface area contributed by atoms with Gasteiger partial charge in [-0.2, -0.15) is 0 Å². The molecule has 108 valence electrons. The number of aromatic carboxylic acids is 1. The Bertz CT molecular complexity index is 706. The molecule has 0 saturated carbocycles. The number of benzene rings is 1. The number of hydrogen-bond acceptors (Lipinski definition) is 5. The van der Waals surface area contributed by atoms with Crippen LogP contribution in [-0.2, 0) is 6.54 Å². The third kappa shape index (κ3) is 3.30. The second kappa shape index (κ2) is 5.95. The topological polar surface area (TPSA) is 105 Å². The van der Waals surface area contributed by atoms with Crippen molar-refractivity contribution in [2.24, 2.45) is 0 Å². The number of carboxylic acid groups (broad SMARTS) is 1. The fourth-order valence-electron chi connectivity index (χ4n) is 1.67. The first-order valence-electron chi connectivity index (χ1n) is 5.85. The van der Waals surface area contributed by atoms with Crippen LogP contribution in [0, 0.1) is 15.9 Å². The Balaban J connectivity index is 2.29. The number of aromatic nitrogens is 1. The van der Waals surface area contributed by atoms with Crippen LogP contribution < -0.4 is 5.32 Å². The third-order valence-electron chi connectivity index (χ3n) is 2.69. The van der Waals surface area contributed by atoms with Crippen LogP contribution in [0.25, 0.3) is 0 Å². The number of nitrogens with one attached hydrogen (secondary N) is 1. The molecule has 8 heteroatoms. The molecule has 1 heterocycles. The number of anilines is 1. The van der Waals surface area contributed by atoms with Crippen molar-refractivity contribution in [2.45, 2.75) is 6.54 Å². The lowest BCUT2D eigenvalue weighted by Crippen LogP contribution is -2.09. The summed E-state index contributed by atoms with van der Waals surface area (Å²) >= 11 is 0. The summed E-state index contributed by atoms with van der Waals surface area (Å²) < 4.78 is 13.5. The van der Waals surface area contributed by atoms with Crippen molar-refractivity contribution >= 4 is 17.5 Å². The predicted octanol–water partition coefficient (Wildman–Crippen LogP) is 2.44. The van der Waals surface area contributed by atoms with Gasteiger partial charge in [-0.25, -0.2) is 14.2 Å². The number of carbonyl (C=O) groups is 1. The van der Waals surface area contributed by atoms with Gasteiger partial charge in [-0.1, -0.05) is 18.2 Å². The number of nitrogens with zero attached hydrogens (tertiary/aromatic N) is 2. The molecular formula is C13H10FN3O4. The second-order valence-electron chi connectivity index (χ2n) is 4.07. The zero-order valence-corrected chi connectivity index (χ0v) is 10.6. The van der Waals surface area contributed by atoms with Crippen LogP contribution in [0.15, 0.2) is 36.4 Å². The molecule has 1 aromatic carbocycles. The van der Waals surface area contributed by atoms with Crippen molar-refractivity contribution < 1.29 is 19.2 Å². The maximum absolute atomic E-state index is 13.5. The Morgan fingerprint density at radius 2 is 2.05 bits per heavy atom. The largest absolute Gasteiger partial charge is 0.477 e. The Kier molecular flexibility index (Phi) is 4.07. The van der Waals surface area contributed by atoms with Gasteiger partial charge in [0.1, 0.15) is 5.82 Å². The van der Waals surface area contributed by atoms with Crippen molar-refractivity contribution in [2.75, 3.05) is 5.32 Å². The van der Waals surface area contributed by atoms with Crippen LogP contribution in [-0.4, -0.2) is 21.0 Å². The van der Waals surface area contributed by atoms with Crippen LogP contribution in [0.1, 0.15) is 16.1 Å². The first-order valence-corrected chi connectivity index (χ1v) is 5.85. The fraction of sp³-hybridized carbons (Fsp3) is 0.0769. The number of rotatable bonds is 5. The highest BCUT2D eigenvalue weighted by Crippen LogP contribution is 2.23. The molecular weight excluding hydrogens is 281 g/mol. The van der Waals surface area contributed by atoms with E-state index in [0.29, 0.717) is 0 Å². The molecule has 0 atom stereocenters. The van der Waals surface area contributed by atoms with Crippen LogP contribution in [0.5, 0.6) is 0 Å². The quantitative estimate of drug-likeness (QED) is 0.647. The molecule has 7 nitrogen and oxygen atoms in total. The number of carboxylic acids is 1. The van der Waals surface area contributed by atoms with Gasteiger partial charge in [0.05, 0.1) is 4.92 Å². The molecule has 0 saturated heterocycles. The lowest BCUT2D eigenvalue weighted by Gasteiger charge is -2.07. The van der Waals surface area contributed by atoms with Crippen LogP contribution in [0.2, 0.25) is 0 Å². The van der Waals surface area contributed by atoms with E-state index in [1.807, 2.05) is 0 Å². The van der Waals surface area contributed by atoms with E-state index in [1.54, 1.807) is 6.07 Å². The average Bonchev–Trinajstić information content (AvgIpc) is 2.46. The number of hydrogen-bond donors (Lipinski definition) is 2. The number of halogens is 1. The van der Waals surface area contributed by atoms with E-state index in [1.165, 1.54) is 18.2 Å². The summed E-state index contributed by atoms with van der Waals surface area (Å²) in [5.74, 6) is -2.00. The summed E-state index contributed by atoms with van der Waals surface area (Å²) in [4.78, 5) is 24.7. The minimum absolute atomic E-state index is 0.0520. The molecule has 0 bridgehead atoms. The maximum Gasteiger partial charge on any atom is 0.354 e. The Morgan fingerprint density at radius 3 is 2.67 bits per heavy atom. The van der Waals surface area contributed by atoms with Gasteiger partial charge in [0.2, 0.25) is 5.82 Å². The SMILES string of the molecule is O=C(O)c1ccc([N+](=O)[O-])c(NCc2ccccc2F)n1. The van der Waals surface area contributed by atoms with Crippen LogP contribution >= 0.6 is 0 Å². The molecule has 1 aromatic heterocycles. The van der Waals surface area contributed by atoms with Gasteiger partial charge in [0, 0.05) is 18.2 Å². The molecule has 0 radical (unpaired) electrons. The molecule has 21 heavy (non-hydrogen) atoms. The molecule has 0 spiro atoms. The Hall–Kier alpha value is -3.03. The maximum atomic E-state index is 13.5. The zero-order valence-electron chi connectivity index (χ0n) is 10.6. The van der Waals surface area contributed by atoms with Crippen molar-refractivity contribution in [3.63, 3.8) is 0 Å². The monoisotopic (exact) mass is 291 g/mol. The second-order valence-corrected chi connectivity index (χ2v) is 4.07. The lowest BCUT2D eigenvalue weighted by atomic mass is 10.2. The standard InChI is InChI=1S/C13H10FN3O4/c14-9-4-2-1-3-8(9)7-15-12-11(17(20)21)6-5-10(16-12)13(18)19/h1-6H,7H2,(H,15,16)(H,18,19). The zero-order chi connectivity index (χ0) is 15.4. The first kappa shape index (κ1) is 14.4. The van der Waals surface area contributed by atoms with Gasteiger partial charge in [0.25, 0.3) is 0 Å². The van der Waals surface area contributed by atoms with E-state index in [0.717, 1.165) is 12.1 Å². The number of pyridine rings is 1. The van der Waals surface area contributed by atoms with Crippen LogP contribution in [0.4, 0.5) is 15.9 Å². The molecule has 2 aromatic rings. The van der Waals surface area contributed by atoms with E-state index in [2.05, 4.69) is 10.3 Å². The van der Waals surface area contributed by atoms with E-state index in [-0.39, 0.29) is 29.3 Å². The Labute approximate surface area is 118 Å². The highest BCUT2D eigenvalue weighted by atomic mass is 19.1. The average molecular weight is 291 g/mol. The van der Waals surface area contributed by atoms with E-state index in [9.17, 15) is 19.3 Å². The van der Waals surface area contributed by atoms with Gasteiger partial charge in [0.15, 0.2) is 5.69 Å². The van der Waals surface area contributed by atoms with Gasteiger partial charge in [-0.15, -0.1) is 0 Å². The predicted molar refractivity (Wildman–Crippen MR) is 71.6 cm³/mol. The molecule has 0 amide bonds. The lowest BCUT2D eigenvalue weighted by molar-refractivity contribution is -0.384. The minimum atomic E-state index is -1.31. The summed E-state index contributed by atoms with van der Waals surface area (Å²) in [5, 5.41) is 22.3. The fourth-order valence-corrected chi connectivity index (χ4v) is 1.67. The van der Waals surface area contributed by atoms with Gasteiger partial charge >= 0.3 is 11.7 Å². The van der Waals surface area contributed by atoms with Crippen molar-refractivity contribution in [3.05, 3.63) is 63.6 Å². The number of nitro groups is 1. The highest BCUT2D eigenvalue weighted by molar-refractivity contribution is 5.86. The molecule has 0 unspecified atom stereocenters. The smallest absolute Gasteiger partial charge is 0.354 e. The molecule has 2 N–H and O–H groups in total. The van der Waals surface area contributed by atoms with Crippen molar-refractivity contribution in [1.82, 2.24) is 4.98 Å². The minimum Gasteiger partial charge on any atom is -0.477 e. The molecule has 2 rings (SSSR count). The molecule has 0 aliphatic carbocycles. The van der Waals surface area contributed by atoms with E-state index in [4.69, 9.17) is 5.11 Å². The van der Waals surface area contributed by atoms with Gasteiger partial charge in [-0.3, -0.25) is 10.1 Å². The van der Waals surface area contributed by atoms with Crippen LogP contribution in [0.3, 0.4) is 0 Å². The van der Waals surface area contributed by atoms with Crippen molar-refractivity contribution in [1.29, 1.82) is 0 Å².